The molecule has 140 valence electrons. The normalized spacial score (nSPS) is 21.8. The summed E-state index contributed by atoms with van der Waals surface area (Å²) in [6, 6.07) is 6.16. The number of carbonyl (C=O) groups excluding carboxylic acids is 1. The number of amides is 1. The molecule has 1 saturated heterocycles. The smallest absolute Gasteiger partial charge is 0.224 e. The zero-order valence-electron chi connectivity index (χ0n) is 15.8. The predicted molar refractivity (Wildman–Crippen MR) is 105 cm³/mol. The highest BCUT2D eigenvalue weighted by atomic mass is 16.1. The number of aromatic nitrogens is 2. The Labute approximate surface area is 155 Å². The number of nitrogens with one attached hydrogen (secondary N) is 2. The van der Waals surface area contributed by atoms with Crippen LogP contribution in [0, 0.1) is 11.8 Å². The van der Waals surface area contributed by atoms with Crippen LogP contribution in [0.1, 0.15) is 51.3 Å². The van der Waals surface area contributed by atoms with E-state index in [4.69, 9.17) is 4.98 Å². The first-order chi connectivity index (χ1) is 12.7. The molecule has 1 aromatic carbocycles. The zero-order chi connectivity index (χ0) is 17.9. The van der Waals surface area contributed by atoms with E-state index in [0.717, 1.165) is 37.3 Å². The van der Waals surface area contributed by atoms with Gasteiger partial charge in [-0.25, -0.2) is 4.98 Å². The summed E-state index contributed by atoms with van der Waals surface area (Å²) < 4.78 is 2.35. The minimum absolute atomic E-state index is 0.114. The van der Waals surface area contributed by atoms with Crippen molar-refractivity contribution in [2.75, 3.05) is 18.4 Å². The molecule has 1 fully saturated rings. The van der Waals surface area contributed by atoms with Gasteiger partial charge in [0.25, 0.3) is 0 Å². The second-order valence-corrected chi connectivity index (χ2v) is 8.03. The van der Waals surface area contributed by atoms with E-state index in [0.29, 0.717) is 18.3 Å². The van der Waals surface area contributed by atoms with E-state index in [2.05, 4.69) is 28.2 Å². The Morgan fingerprint density at radius 1 is 1.35 bits per heavy atom. The van der Waals surface area contributed by atoms with E-state index in [1.165, 1.54) is 43.4 Å². The lowest BCUT2D eigenvalue weighted by Crippen LogP contribution is -2.34. The SMILES string of the molecule is CC(CC(=O)Nc1ccc2c(c1)nc1n2CCCCC1)C1CCCNC1. The number of anilines is 1. The molecule has 0 saturated carbocycles. The number of carbonyl (C=O) groups is 1. The molecule has 3 heterocycles. The highest BCUT2D eigenvalue weighted by molar-refractivity contribution is 5.93. The van der Waals surface area contributed by atoms with Gasteiger partial charge in [-0.2, -0.15) is 0 Å². The standard InChI is InChI=1S/C21H30N4O/c1-15(16-6-5-10-22-14-16)12-21(26)23-17-8-9-19-18(13-17)24-20-7-3-2-4-11-25(19)20/h8-9,13,15-16,22H,2-7,10-12,14H2,1H3,(H,23,26). The first-order valence-corrected chi connectivity index (χ1v) is 10.2. The highest BCUT2D eigenvalue weighted by Gasteiger charge is 2.22. The monoisotopic (exact) mass is 354 g/mol. The summed E-state index contributed by atoms with van der Waals surface area (Å²) in [4.78, 5) is 17.3. The van der Waals surface area contributed by atoms with Crippen molar-refractivity contribution in [3.8, 4) is 0 Å². The van der Waals surface area contributed by atoms with Gasteiger partial charge in [0, 0.05) is 25.1 Å². The van der Waals surface area contributed by atoms with E-state index in [1.807, 2.05) is 12.1 Å². The number of hydrogen-bond acceptors (Lipinski definition) is 3. The zero-order valence-corrected chi connectivity index (χ0v) is 15.8. The van der Waals surface area contributed by atoms with Gasteiger partial charge in [0.15, 0.2) is 0 Å². The van der Waals surface area contributed by atoms with Gasteiger partial charge >= 0.3 is 0 Å². The molecule has 2 aromatic rings. The summed E-state index contributed by atoms with van der Waals surface area (Å²) in [6.07, 6.45) is 7.83. The number of aryl methyl sites for hydroxylation is 2. The molecular weight excluding hydrogens is 324 g/mol. The Morgan fingerprint density at radius 2 is 2.27 bits per heavy atom. The van der Waals surface area contributed by atoms with Gasteiger partial charge < -0.3 is 15.2 Å². The van der Waals surface area contributed by atoms with Crippen molar-refractivity contribution in [3.63, 3.8) is 0 Å². The molecule has 0 bridgehead atoms. The largest absolute Gasteiger partial charge is 0.328 e. The molecule has 1 amide bonds. The molecule has 2 atom stereocenters. The van der Waals surface area contributed by atoms with Crippen LogP contribution in [-0.2, 0) is 17.8 Å². The summed E-state index contributed by atoms with van der Waals surface area (Å²) in [6.45, 7) is 5.42. The third kappa shape index (κ3) is 3.78. The molecule has 2 N–H and O–H groups in total. The maximum atomic E-state index is 12.5. The van der Waals surface area contributed by atoms with Gasteiger partial charge in [0.1, 0.15) is 5.82 Å². The molecule has 0 spiro atoms. The van der Waals surface area contributed by atoms with Crippen LogP contribution in [0.25, 0.3) is 11.0 Å². The quantitative estimate of drug-likeness (QED) is 0.879. The molecule has 2 aliphatic rings. The van der Waals surface area contributed by atoms with Gasteiger partial charge in [-0.3, -0.25) is 4.79 Å². The van der Waals surface area contributed by atoms with Crippen LogP contribution < -0.4 is 10.6 Å². The Hall–Kier alpha value is -1.88. The lowest BCUT2D eigenvalue weighted by molar-refractivity contribution is -0.117. The van der Waals surface area contributed by atoms with E-state index >= 15 is 0 Å². The van der Waals surface area contributed by atoms with E-state index in [-0.39, 0.29) is 5.91 Å². The van der Waals surface area contributed by atoms with Crippen LogP contribution in [0.3, 0.4) is 0 Å². The van der Waals surface area contributed by atoms with Crippen molar-refractivity contribution in [2.24, 2.45) is 11.8 Å². The molecule has 4 rings (SSSR count). The topological polar surface area (TPSA) is 59.0 Å². The first-order valence-electron chi connectivity index (χ1n) is 10.2. The van der Waals surface area contributed by atoms with Crippen LogP contribution in [-0.4, -0.2) is 28.5 Å². The summed E-state index contributed by atoms with van der Waals surface area (Å²) in [5, 5.41) is 6.53. The maximum absolute atomic E-state index is 12.5. The average Bonchev–Trinajstić information content (AvgIpc) is 2.82. The van der Waals surface area contributed by atoms with Crippen LogP contribution in [0.5, 0.6) is 0 Å². The number of nitrogens with zero attached hydrogens (tertiary/aromatic N) is 2. The fourth-order valence-corrected chi connectivity index (χ4v) is 4.46. The van der Waals surface area contributed by atoms with Crippen molar-refractivity contribution in [1.29, 1.82) is 0 Å². The number of rotatable bonds is 4. The molecule has 2 aliphatic heterocycles. The minimum atomic E-state index is 0.114. The van der Waals surface area contributed by atoms with E-state index in [1.54, 1.807) is 0 Å². The second kappa shape index (κ2) is 7.78. The fraction of sp³-hybridized carbons (Fsp3) is 0.619. The summed E-state index contributed by atoms with van der Waals surface area (Å²) in [5.74, 6) is 2.33. The van der Waals surface area contributed by atoms with E-state index < -0.39 is 0 Å². The second-order valence-electron chi connectivity index (χ2n) is 8.03. The predicted octanol–water partition coefficient (Wildman–Crippen LogP) is 3.73. The van der Waals surface area contributed by atoms with Gasteiger partial charge in [0.2, 0.25) is 5.91 Å². The molecular formula is C21H30N4O. The van der Waals surface area contributed by atoms with Crippen LogP contribution in [0.4, 0.5) is 5.69 Å². The van der Waals surface area contributed by atoms with Crippen LogP contribution >= 0.6 is 0 Å². The number of benzene rings is 1. The molecule has 1 aromatic heterocycles. The van der Waals surface area contributed by atoms with Crippen molar-refractivity contribution < 1.29 is 4.79 Å². The first kappa shape index (κ1) is 17.5. The summed E-state index contributed by atoms with van der Waals surface area (Å²) in [7, 11) is 0. The van der Waals surface area contributed by atoms with Gasteiger partial charge in [-0.15, -0.1) is 0 Å². The minimum Gasteiger partial charge on any atom is -0.328 e. The Bertz CT molecular complexity index is 776. The van der Waals surface area contributed by atoms with E-state index in [9.17, 15) is 4.79 Å². The summed E-state index contributed by atoms with van der Waals surface area (Å²) >= 11 is 0. The Morgan fingerprint density at radius 3 is 3.12 bits per heavy atom. The number of piperidine rings is 1. The highest BCUT2D eigenvalue weighted by Crippen LogP contribution is 2.26. The number of fused-ring (bicyclic) bond motifs is 3. The average molecular weight is 354 g/mol. The van der Waals surface area contributed by atoms with Crippen LogP contribution in [0.15, 0.2) is 18.2 Å². The molecule has 5 nitrogen and oxygen atoms in total. The molecule has 26 heavy (non-hydrogen) atoms. The fourth-order valence-electron chi connectivity index (χ4n) is 4.46. The van der Waals surface area contributed by atoms with Crippen LogP contribution in [0.2, 0.25) is 0 Å². The molecule has 5 heteroatoms. The lowest BCUT2D eigenvalue weighted by atomic mass is 9.85. The van der Waals surface area contributed by atoms with Crippen molar-refractivity contribution in [3.05, 3.63) is 24.0 Å². The van der Waals surface area contributed by atoms with Crippen molar-refractivity contribution in [1.82, 2.24) is 14.9 Å². The lowest BCUT2D eigenvalue weighted by Gasteiger charge is -2.28. The third-order valence-electron chi connectivity index (χ3n) is 6.04. The Balaban J connectivity index is 1.42. The van der Waals surface area contributed by atoms with Gasteiger partial charge in [0.05, 0.1) is 11.0 Å². The Kier molecular flexibility index (Phi) is 5.25. The molecule has 0 radical (unpaired) electrons. The molecule has 2 unspecified atom stereocenters. The number of imidazole rings is 1. The number of hydrogen-bond donors (Lipinski definition) is 2. The third-order valence-corrected chi connectivity index (χ3v) is 6.04. The van der Waals surface area contributed by atoms with Gasteiger partial charge in [-0.05, 0) is 68.8 Å². The van der Waals surface area contributed by atoms with Gasteiger partial charge in [-0.1, -0.05) is 13.3 Å². The molecule has 0 aliphatic carbocycles. The van der Waals surface area contributed by atoms with Crippen molar-refractivity contribution >= 4 is 22.6 Å². The summed E-state index contributed by atoms with van der Waals surface area (Å²) in [5.41, 5.74) is 3.07. The maximum Gasteiger partial charge on any atom is 0.224 e. The van der Waals surface area contributed by atoms with Crippen molar-refractivity contribution in [2.45, 2.75) is 58.4 Å².